The Kier molecular flexibility index (Phi) is 4.81. The normalized spacial score (nSPS) is 10.3. The van der Waals surface area contributed by atoms with Gasteiger partial charge in [0.15, 0.2) is 5.75 Å². The number of rotatable bonds is 4. The standard InChI is InChI=1S/C18H14ClN3O3/c1-22-17(23)10-8-14(21-22)18(24)20-15-11-12(19)7-9-16(15)25-13-5-3-2-4-6-13/h2-11H,1H3,(H,20,24). The summed E-state index contributed by atoms with van der Waals surface area (Å²) in [7, 11) is 1.47. The predicted molar refractivity (Wildman–Crippen MR) is 95.4 cm³/mol. The summed E-state index contributed by atoms with van der Waals surface area (Å²) in [6.07, 6.45) is 0. The number of halogens is 1. The molecule has 0 bridgehead atoms. The van der Waals surface area contributed by atoms with Crippen LogP contribution in [0.2, 0.25) is 5.02 Å². The molecule has 1 aromatic heterocycles. The molecule has 126 valence electrons. The Morgan fingerprint density at radius 1 is 1.12 bits per heavy atom. The molecule has 0 fully saturated rings. The number of nitrogens with one attached hydrogen (secondary N) is 1. The van der Waals surface area contributed by atoms with Gasteiger partial charge in [0.1, 0.15) is 11.4 Å². The van der Waals surface area contributed by atoms with Crippen LogP contribution in [0.3, 0.4) is 0 Å². The third-order valence-electron chi connectivity index (χ3n) is 3.35. The van der Waals surface area contributed by atoms with E-state index in [4.69, 9.17) is 16.3 Å². The van der Waals surface area contributed by atoms with Crippen molar-refractivity contribution in [3.8, 4) is 11.5 Å². The van der Waals surface area contributed by atoms with E-state index in [1.54, 1.807) is 30.3 Å². The number of carbonyl (C=O) groups is 1. The van der Waals surface area contributed by atoms with Crippen molar-refractivity contribution < 1.29 is 9.53 Å². The molecule has 0 saturated heterocycles. The quantitative estimate of drug-likeness (QED) is 0.777. The molecule has 0 unspecified atom stereocenters. The third kappa shape index (κ3) is 4.05. The second-order valence-electron chi connectivity index (χ2n) is 5.19. The van der Waals surface area contributed by atoms with E-state index < -0.39 is 5.91 Å². The average Bonchev–Trinajstić information content (AvgIpc) is 2.60. The van der Waals surface area contributed by atoms with Gasteiger partial charge in [-0.15, -0.1) is 0 Å². The summed E-state index contributed by atoms with van der Waals surface area (Å²) in [6, 6.07) is 16.7. The Balaban J connectivity index is 1.88. The van der Waals surface area contributed by atoms with E-state index in [0.29, 0.717) is 22.2 Å². The number of anilines is 1. The molecule has 0 aliphatic rings. The lowest BCUT2D eigenvalue weighted by Crippen LogP contribution is -2.23. The van der Waals surface area contributed by atoms with E-state index >= 15 is 0 Å². The van der Waals surface area contributed by atoms with E-state index in [9.17, 15) is 9.59 Å². The van der Waals surface area contributed by atoms with Gasteiger partial charge in [0, 0.05) is 18.1 Å². The van der Waals surface area contributed by atoms with E-state index in [-0.39, 0.29) is 11.3 Å². The largest absolute Gasteiger partial charge is 0.455 e. The average molecular weight is 356 g/mol. The summed E-state index contributed by atoms with van der Waals surface area (Å²) in [5, 5.41) is 7.08. The van der Waals surface area contributed by atoms with Crippen molar-refractivity contribution in [1.29, 1.82) is 0 Å². The Labute approximate surface area is 148 Å². The number of hydrogen-bond acceptors (Lipinski definition) is 4. The third-order valence-corrected chi connectivity index (χ3v) is 3.59. The van der Waals surface area contributed by atoms with Crippen LogP contribution in [-0.2, 0) is 7.05 Å². The number of nitrogens with zero attached hydrogens (tertiary/aromatic N) is 2. The second kappa shape index (κ2) is 7.19. The number of aryl methyl sites for hydroxylation is 1. The predicted octanol–water partition coefficient (Wildman–Crippen LogP) is 3.48. The number of aromatic nitrogens is 2. The first-order valence-electron chi connectivity index (χ1n) is 7.41. The minimum Gasteiger partial charge on any atom is -0.455 e. The van der Waals surface area contributed by atoms with Crippen LogP contribution in [0.5, 0.6) is 11.5 Å². The number of amides is 1. The molecule has 3 rings (SSSR count). The smallest absolute Gasteiger partial charge is 0.276 e. The van der Waals surface area contributed by atoms with Crippen LogP contribution in [0, 0.1) is 0 Å². The van der Waals surface area contributed by atoms with Crippen LogP contribution in [0.25, 0.3) is 0 Å². The summed E-state index contributed by atoms with van der Waals surface area (Å²) in [5.41, 5.74) is 0.206. The topological polar surface area (TPSA) is 73.2 Å². The van der Waals surface area contributed by atoms with Crippen LogP contribution >= 0.6 is 11.6 Å². The minimum atomic E-state index is -0.476. The molecule has 6 nitrogen and oxygen atoms in total. The molecular formula is C18H14ClN3O3. The lowest BCUT2D eigenvalue weighted by molar-refractivity contribution is 0.101. The van der Waals surface area contributed by atoms with Crippen LogP contribution in [0.1, 0.15) is 10.5 Å². The van der Waals surface area contributed by atoms with Crippen LogP contribution in [0.4, 0.5) is 5.69 Å². The van der Waals surface area contributed by atoms with Gasteiger partial charge in [-0.1, -0.05) is 29.8 Å². The van der Waals surface area contributed by atoms with Gasteiger partial charge in [-0.3, -0.25) is 9.59 Å². The monoisotopic (exact) mass is 355 g/mol. The van der Waals surface area contributed by atoms with Crippen LogP contribution < -0.4 is 15.6 Å². The van der Waals surface area contributed by atoms with E-state index in [2.05, 4.69) is 10.4 Å². The molecule has 7 heteroatoms. The highest BCUT2D eigenvalue weighted by Gasteiger charge is 2.13. The van der Waals surface area contributed by atoms with Gasteiger partial charge in [-0.25, -0.2) is 4.68 Å². The Bertz CT molecular complexity index is 971. The highest BCUT2D eigenvalue weighted by atomic mass is 35.5. The summed E-state index contributed by atoms with van der Waals surface area (Å²) in [6.45, 7) is 0. The number of ether oxygens (including phenoxy) is 1. The van der Waals surface area contributed by atoms with Gasteiger partial charge in [-0.2, -0.15) is 5.10 Å². The van der Waals surface area contributed by atoms with Crippen molar-refractivity contribution in [2.75, 3.05) is 5.32 Å². The van der Waals surface area contributed by atoms with E-state index in [0.717, 1.165) is 4.68 Å². The van der Waals surface area contributed by atoms with Gasteiger partial charge in [0.2, 0.25) is 0 Å². The zero-order chi connectivity index (χ0) is 17.8. The minimum absolute atomic E-state index is 0.104. The van der Waals surface area contributed by atoms with Gasteiger partial charge in [0.05, 0.1) is 5.69 Å². The molecule has 0 aliphatic heterocycles. The Morgan fingerprint density at radius 3 is 2.60 bits per heavy atom. The van der Waals surface area contributed by atoms with Crippen molar-refractivity contribution in [2.24, 2.45) is 7.05 Å². The maximum Gasteiger partial charge on any atom is 0.276 e. The van der Waals surface area contributed by atoms with Crippen LogP contribution in [-0.4, -0.2) is 15.7 Å². The van der Waals surface area contributed by atoms with Crippen molar-refractivity contribution in [1.82, 2.24) is 9.78 Å². The first-order valence-corrected chi connectivity index (χ1v) is 7.79. The summed E-state index contributed by atoms with van der Waals surface area (Å²) in [4.78, 5) is 23.8. The van der Waals surface area contributed by atoms with E-state index in [1.165, 1.54) is 19.2 Å². The molecule has 1 amide bonds. The van der Waals surface area contributed by atoms with Crippen molar-refractivity contribution in [3.63, 3.8) is 0 Å². The molecule has 1 N–H and O–H groups in total. The van der Waals surface area contributed by atoms with Gasteiger partial charge >= 0.3 is 0 Å². The fourth-order valence-electron chi connectivity index (χ4n) is 2.11. The SMILES string of the molecule is Cn1nc(C(=O)Nc2cc(Cl)ccc2Oc2ccccc2)ccc1=O. The number of hydrogen-bond donors (Lipinski definition) is 1. The molecule has 0 spiro atoms. The van der Waals surface area contributed by atoms with E-state index in [1.807, 2.05) is 18.2 Å². The fourth-order valence-corrected chi connectivity index (χ4v) is 2.29. The molecule has 0 saturated carbocycles. The van der Waals surface area contributed by atoms with Gasteiger partial charge in [-0.05, 0) is 36.4 Å². The molecule has 0 radical (unpaired) electrons. The van der Waals surface area contributed by atoms with Crippen LogP contribution in [0.15, 0.2) is 65.5 Å². The highest BCUT2D eigenvalue weighted by molar-refractivity contribution is 6.31. The first kappa shape index (κ1) is 16.7. The maximum absolute atomic E-state index is 12.4. The zero-order valence-electron chi connectivity index (χ0n) is 13.3. The Morgan fingerprint density at radius 2 is 1.88 bits per heavy atom. The summed E-state index contributed by atoms with van der Waals surface area (Å²) < 4.78 is 6.89. The molecule has 1 heterocycles. The Hall–Kier alpha value is -3.12. The lowest BCUT2D eigenvalue weighted by Gasteiger charge is -2.12. The molecule has 25 heavy (non-hydrogen) atoms. The zero-order valence-corrected chi connectivity index (χ0v) is 14.0. The molecule has 0 aliphatic carbocycles. The lowest BCUT2D eigenvalue weighted by atomic mass is 10.2. The van der Waals surface area contributed by atoms with Crippen molar-refractivity contribution >= 4 is 23.2 Å². The fraction of sp³-hybridized carbons (Fsp3) is 0.0556. The van der Waals surface area contributed by atoms with Gasteiger partial charge in [0.25, 0.3) is 11.5 Å². The van der Waals surface area contributed by atoms with Gasteiger partial charge < -0.3 is 10.1 Å². The summed E-state index contributed by atoms with van der Waals surface area (Å²) in [5.74, 6) is 0.588. The number of benzene rings is 2. The summed E-state index contributed by atoms with van der Waals surface area (Å²) >= 11 is 6.03. The number of carbonyl (C=O) groups excluding carboxylic acids is 1. The molecular weight excluding hydrogens is 342 g/mol. The molecule has 0 atom stereocenters. The molecule has 2 aromatic carbocycles. The van der Waals surface area contributed by atoms with Crippen molar-refractivity contribution in [2.45, 2.75) is 0 Å². The maximum atomic E-state index is 12.4. The second-order valence-corrected chi connectivity index (χ2v) is 5.63. The highest BCUT2D eigenvalue weighted by Crippen LogP contribution is 2.32. The van der Waals surface area contributed by atoms with Crippen molar-refractivity contribution in [3.05, 3.63) is 81.7 Å². The number of para-hydroxylation sites is 1. The molecule has 3 aromatic rings. The first-order chi connectivity index (χ1) is 12.0.